The van der Waals surface area contributed by atoms with Crippen molar-refractivity contribution in [3.05, 3.63) is 34.1 Å². The Morgan fingerprint density at radius 3 is 2.87 bits per heavy atom. The average molecular weight is 275 g/mol. The Labute approximate surface area is 98.2 Å². The molecule has 1 aromatic rings. The van der Waals surface area contributed by atoms with Gasteiger partial charge in [-0.25, -0.2) is 4.39 Å². The SMILES string of the molecule is CC(CCN)NCc1ccc(Br)cc1F. The fourth-order valence-corrected chi connectivity index (χ4v) is 1.63. The van der Waals surface area contributed by atoms with Gasteiger partial charge in [0.2, 0.25) is 0 Å². The van der Waals surface area contributed by atoms with E-state index in [1.807, 2.05) is 13.0 Å². The van der Waals surface area contributed by atoms with Crippen LogP contribution in [-0.2, 0) is 6.54 Å². The van der Waals surface area contributed by atoms with Crippen molar-refractivity contribution < 1.29 is 4.39 Å². The van der Waals surface area contributed by atoms with Gasteiger partial charge in [-0.15, -0.1) is 0 Å². The Morgan fingerprint density at radius 1 is 1.53 bits per heavy atom. The van der Waals surface area contributed by atoms with Crippen LogP contribution in [0.25, 0.3) is 0 Å². The Balaban J connectivity index is 2.50. The number of hydrogen-bond donors (Lipinski definition) is 2. The van der Waals surface area contributed by atoms with E-state index in [0.29, 0.717) is 24.7 Å². The van der Waals surface area contributed by atoms with Gasteiger partial charge in [0.15, 0.2) is 0 Å². The van der Waals surface area contributed by atoms with Crippen LogP contribution in [-0.4, -0.2) is 12.6 Å². The van der Waals surface area contributed by atoms with Gasteiger partial charge in [-0.05, 0) is 32.0 Å². The molecule has 84 valence electrons. The molecule has 3 N–H and O–H groups in total. The number of nitrogens with one attached hydrogen (secondary N) is 1. The third kappa shape index (κ3) is 4.28. The summed E-state index contributed by atoms with van der Waals surface area (Å²) in [5.41, 5.74) is 6.11. The molecular formula is C11H16BrFN2. The predicted molar refractivity (Wildman–Crippen MR) is 64.1 cm³/mol. The normalized spacial score (nSPS) is 12.8. The maximum Gasteiger partial charge on any atom is 0.128 e. The molecule has 0 saturated carbocycles. The first-order valence-corrected chi connectivity index (χ1v) is 5.80. The van der Waals surface area contributed by atoms with E-state index in [1.54, 1.807) is 6.07 Å². The highest BCUT2D eigenvalue weighted by Gasteiger charge is 2.04. The van der Waals surface area contributed by atoms with E-state index in [1.165, 1.54) is 6.07 Å². The molecule has 2 nitrogen and oxygen atoms in total. The zero-order valence-electron chi connectivity index (χ0n) is 8.76. The molecule has 0 fully saturated rings. The fraction of sp³-hybridized carbons (Fsp3) is 0.455. The van der Waals surface area contributed by atoms with Crippen molar-refractivity contribution in [1.29, 1.82) is 0 Å². The molecule has 0 amide bonds. The van der Waals surface area contributed by atoms with Gasteiger partial charge in [0, 0.05) is 22.6 Å². The number of nitrogens with two attached hydrogens (primary N) is 1. The lowest BCUT2D eigenvalue weighted by Crippen LogP contribution is -2.28. The summed E-state index contributed by atoms with van der Waals surface area (Å²) in [5, 5.41) is 3.22. The Hall–Kier alpha value is -0.450. The van der Waals surface area contributed by atoms with Crippen LogP contribution < -0.4 is 11.1 Å². The minimum atomic E-state index is -0.183. The quantitative estimate of drug-likeness (QED) is 0.866. The molecule has 1 rings (SSSR count). The number of halogens is 2. The molecule has 1 unspecified atom stereocenters. The van der Waals surface area contributed by atoms with Crippen molar-refractivity contribution >= 4 is 15.9 Å². The van der Waals surface area contributed by atoms with Gasteiger partial charge < -0.3 is 11.1 Å². The zero-order valence-corrected chi connectivity index (χ0v) is 10.3. The van der Waals surface area contributed by atoms with Crippen molar-refractivity contribution in [2.45, 2.75) is 25.9 Å². The number of benzene rings is 1. The van der Waals surface area contributed by atoms with Crippen molar-refractivity contribution in [3.8, 4) is 0 Å². The van der Waals surface area contributed by atoms with Gasteiger partial charge in [-0.1, -0.05) is 22.0 Å². The van der Waals surface area contributed by atoms with Gasteiger partial charge >= 0.3 is 0 Å². The van der Waals surface area contributed by atoms with Crippen LogP contribution in [0.1, 0.15) is 18.9 Å². The van der Waals surface area contributed by atoms with E-state index in [4.69, 9.17) is 5.73 Å². The van der Waals surface area contributed by atoms with Crippen molar-refractivity contribution in [2.75, 3.05) is 6.54 Å². The fourth-order valence-electron chi connectivity index (χ4n) is 1.30. The molecule has 4 heteroatoms. The van der Waals surface area contributed by atoms with Crippen LogP contribution in [0.3, 0.4) is 0 Å². The molecule has 0 heterocycles. The predicted octanol–water partition coefficient (Wildman–Crippen LogP) is 2.42. The lowest BCUT2D eigenvalue weighted by Gasteiger charge is -2.12. The van der Waals surface area contributed by atoms with Crippen LogP contribution in [0.4, 0.5) is 4.39 Å². The zero-order chi connectivity index (χ0) is 11.3. The molecule has 0 aliphatic rings. The Morgan fingerprint density at radius 2 is 2.27 bits per heavy atom. The highest BCUT2D eigenvalue weighted by atomic mass is 79.9. The van der Waals surface area contributed by atoms with Gasteiger partial charge in [0.05, 0.1) is 0 Å². The van der Waals surface area contributed by atoms with E-state index >= 15 is 0 Å². The number of rotatable bonds is 5. The van der Waals surface area contributed by atoms with E-state index in [-0.39, 0.29) is 5.82 Å². The maximum atomic E-state index is 13.4. The van der Waals surface area contributed by atoms with E-state index in [9.17, 15) is 4.39 Å². The molecule has 0 radical (unpaired) electrons. The molecule has 0 bridgehead atoms. The molecule has 0 aliphatic heterocycles. The van der Waals surface area contributed by atoms with Gasteiger partial charge in [-0.2, -0.15) is 0 Å². The third-order valence-electron chi connectivity index (χ3n) is 2.26. The molecule has 15 heavy (non-hydrogen) atoms. The second-order valence-electron chi connectivity index (χ2n) is 3.60. The molecule has 0 saturated heterocycles. The first-order valence-electron chi connectivity index (χ1n) is 5.01. The standard InChI is InChI=1S/C11H16BrFN2/c1-8(4-5-14)15-7-9-2-3-10(12)6-11(9)13/h2-3,6,8,15H,4-5,7,14H2,1H3. The lowest BCUT2D eigenvalue weighted by atomic mass is 10.2. The highest BCUT2D eigenvalue weighted by Crippen LogP contribution is 2.15. The smallest absolute Gasteiger partial charge is 0.128 e. The largest absolute Gasteiger partial charge is 0.330 e. The van der Waals surface area contributed by atoms with Crippen LogP contribution >= 0.6 is 15.9 Å². The van der Waals surface area contributed by atoms with Crippen LogP contribution in [0, 0.1) is 5.82 Å². The molecule has 0 spiro atoms. The van der Waals surface area contributed by atoms with Crippen molar-refractivity contribution in [1.82, 2.24) is 5.32 Å². The molecule has 0 aliphatic carbocycles. The maximum absolute atomic E-state index is 13.4. The highest BCUT2D eigenvalue weighted by molar-refractivity contribution is 9.10. The molecule has 0 aromatic heterocycles. The summed E-state index contributed by atoms with van der Waals surface area (Å²) in [5.74, 6) is -0.183. The average Bonchev–Trinajstić information content (AvgIpc) is 2.17. The van der Waals surface area contributed by atoms with Gasteiger partial charge in [-0.3, -0.25) is 0 Å². The first-order chi connectivity index (χ1) is 7.13. The van der Waals surface area contributed by atoms with Crippen LogP contribution in [0.15, 0.2) is 22.7 Å². The topological polar surface area (TPSA) is 38.0 Å². The summed E-state index contributed by atoms with van der Waals surface area (Å²) >= 11 is 3.22. The third-order valence-corrected chi connectivity index (χ3v) is 2.75. The summed E-state index contributed by atoms with van der Waals surface area (Å²) in [4.78, 5) is 0. The van der Waals surface area contributed by atoms with E-state index in [0.717, 1.165) is 10.9 Å². The molecule has 1 aromatic carbocycles. The minimum absolute atomic E-state index is 0.183. The first kappa shape index (κ1) is 12.6. The summed E-state index contributed by atoms with van der Waals surface area (Å²) in [6, 6.07) is 5.41. The molecular weight excluding hydrogens is 259 g/mol. The molecule has 1 atom stereocenters. The number of hydrogen-bond acceptors (Lipinski definition) is 2. The lowest BCUT2D eigenvalue weighted by molar-refractivity contribution is 0.506. The minimum Gasteiger partial charge on any atom is -0.330 e. The van der Waals surface area contributed by atoms with E-state index < -0.39 is 0 Å². The van der Waals surface area contributed by atoms with Gasteiger partial charge in [0.25, 0.3) is 0 Å². The summed E-state index contributed by atoms with van der Waals surface area (Å²) in [6.07, 6.45) is 0.901. The monoisotopic (exact) mass is 274 g/mol. The van der Waals surface area contributed by atoms with Crippen LogP contribution in [0.2, 0.25) is 0 Å². The summed E-state index contributed by atoms with van der Waals surface area (Å²) in [7, 11) is 0. The van der Waals surface area contributed by atoms with Gasteiger partial charge in [0.1, 0.15) is 5.82 Å². The van der Waals surface area contributed by atoms with E-state index in [2.05, 4.69) is 21.2 Å². The Kier molecular flexibility index (Phi) is 5.22. The second kappa shape index (κ2) is 6.20. The van der Waals surface area contributed by atoms with Crippen molar-refractivity contribution in [2.24, 2.45) is 5.73 Å². The summed E-state index contributed by atoms with van der Waals surface area (Å²) in [6.45, 7) is 3.24. The van der Waals surface area contributed by atoms with Crippen molar-refractivity contribution in [3.63, 3.8) is 0 Å². The summed E-state index contributed by atoms with van der Waals surface area (Å²) < 4.78 is 14.2. The Bertz CT molecular complexity index is 317. The second-order valence-corrected chi connectivity index (χ2v) is 4.51. The van der Waals surface area contributed by atoms with Crippen LogP contribution in [0.5, 0.6) is 0 Å².